The first kappa shape index (κ1) is 14.6. The van der Waals surface area contributed by atoms with Crippen LogP contribution >= 0.6 is 0 Å². The highest BCUT2D eigenvalue weighted by atomic mass is 16.7. The van der Waals surface area contributed by atoms with Gasteiger partial charge in [0.05, 0.1) is 6.10 Å². The summed E-state index contributed by atoms with van der Waals surface area (Å²) in [7, 11) is 0. The van der Waals surface area contributed by atoms with E-state index in [0.29, 0.717) is 0 Å². The van der Waals surface area contributed by atoms with Crippen LogP contribution in [0.15, 0.2) is 18.2 Å². The van der Waals surface area contributed by atoms with Gasteiger partial charge < -0.3 is 9.47 Å². The molecule has 0 saturated carbocycles. The van der Waals surface area contributed by atoms with Crippen molar-refractivity contribution >= 4 is 0 Å². The van der Waals surface area contributed by atoms with Gasteiger partial charge >= 0.3 is 0 Å². The van der Waals surface area contributed by atoms with Crippen molar-refractivity contribution in [3.05, 3.63) is 34.9 Å². The molecular formula is C19H24O2. The van der Waals surface area contributed by atoms with E-state index in [9.17, 15) is 0 Å². The lowest BCUT2D eigenvalue weighted by molar-refractivity contribution is -0.193. The third-order valence-corrected chi connectivity index (χ3v) is 4.78. The minimum absolute atomic E-state index is 0.0488. The second kappa shape index (κ2) is 5.83. The van der Waals surface area contributed by atoms with Crippen molar-refractivity contribution < 1.29 is 9.47 Å². The highest BCUT2D eigenvalue weighted by molar-refractivity contribution is 5.45. The predicted octanol–water partition coefficient (Wildman–Crippen LogP) is 4.32. The lowest BCUT2D eigenvalue weighted by Gasteiger charge is -2.38. The molecule has 112 valence electrons. The third-order valence-electron chi connectivity index (χ3n) is 4.78. The lowest BCUT2D eigenvalue weighted by atomic mass is 9.71. The molecule has 0 amide bonds. The standard InChI is InChI=1S/C19H24O2/c1-4-14-8-9-16-15(13-14)17(10-11-19(16,2)3)21-18-7-5-6-12-20-18/h1,8-9,13,17-18H,5-7,10-12H2,2-3H3. The van der Waals surface area contributed by atoms with E-state index in [1.54, 1.807) is 0 Å². The molecule has 1 aliphatic carbocycles. The van der Waals surface area contributed by atoms with Crippen molar-refractivity contribution in [2.45, 2.75) is 63.8 Å². The summed E-state index contributed by atoms with van der Waals surface area (Å²) in [4.78, 5) is 0. The van der Waals surface area contributed by atoms with Crippen molar-refractivity contribution in [3.63, 3.8) is 0 Å². The molecule has 2 atom stereocenters. The third kappa shape index (κ3) is 3.00. The number of hydrogen-bond donors (Lipinski definition) is 0. The van der Waals surface area contributed by atoms with Gasteiger partial charge in [0.2, 0.25) is 0 Å². The van der Waals surface area contributed by atoms with Crippen LogP contribution in [0.2, 0.25) is 0 Å². The Labute approximate surface area is 127 Å². The van der Waals surface area contributed by atoms with Gasteiger partial charge in [-0.15, -0.1) is 6.42 Å². The van der Waals surface area contributed by atoms with Crippen molar-refractivity contribution in [1.29, 1.82) is 0 Å². The molecule has 1 saturated heterocycles. The SMILES string of the molecule is C#Cc1ccc2c(c1)C(OC1CCCCO1)CCC2(C)C. The summed E-state index contributed by atoms with van der Waals surface area (Å²) < 4.78 is 12.0. The fraction of sp³-hybridized carbons (Fsp3) is 0.579. The summed E-state index contributed by atoms with van der Waals surface area (Å²) in [5.41, 5.74) is 3.75. The number of rotatable bonds is 2. The smallest absolute Gasteiger partial charge is 0.158 e. The van der Waals surface area contributed by atoms with Crippen molar-refractivity contribution in [2.24, 2.45) is 0 Å². The van der Waals surface area contributed by atoms with E-state index in [1.807, 2.05) is 6.07 Å². The summed E-state index contributed by atoms with van der Waals surface area (Å²) in [6, 6.07) is 6.35. The zero-order valence-electron chi connectivity index (χ0n) is 13.0. The maximum atomic E-state index is 6.26. The van der Waals surface area contributed by atoms with Crippen LogP contribution < -0.4 is 0 Å². The molecule has 1 aromatic carbocycles. The van der Waals surface area contributed by atoms with E-state index in [0.717, 1.165) is 37.9 Å². The first-order chi connectivity index (χ1) is 10.1. The average Bonchev–Trinajstić information content (AvgIpc) is 2.51. The number of hydrogen-bond acceptors (Lipinski definition) is 2. The minimum atomic E-state index is -0.0488. The van der Waals surface area contributed by atoms with Crippen LogP contribution in [0.3, 0.4) is 0 Å². The summed E-state index contributed by atoms with van der Waals surface area (Å²) in [6.45, 7) is 5.42. The second-order valence-corrected chi connectivity index (χ2v) is 6.79. The number of ether oxygens (including phenoxy) is 2. The summed E-state index contributed by atoms with van der Waals surface area (Å²) in [5.74, 6) is 2.74. The second-order valence-electron chi connectivity index (χ2n) is 6.79. The first-order valence-electron chi connectivity index (χ1n) is 7.98. The van der Waals surface area contributed by atoms with E-state index in [2.05, 4.69) is 31.9 Å². The monoisotopic (exact) mass is 284 g/mol. The molecule has 0 N–H and O–H groups in total. The molecule has 0 aromatic heterocycles. The Hall–Kier alpha value is -1.30. The van der Waals surface area contributed by atoms with Gasteiger partial charge in [0, 0.05) is 12.2 Å². The Bertz CT molecular complexity index is 547. The van der Waals surface area contributed by atoms with Gasteiger partial charge in [-0.2, -0.15) is 0 Å². The largest absolute Gasteiger partial charge is 0.353 e. The quantitative estimate of drug-likeness (QED) is 0.753. The first-order valence-corrected chi connectivity index (χ1v) is 7.98. The van der Waals surface area contributed by atoms with Crippen LogP contribution in [0.4, 0.5) is 0 Å². The zero-order chi connectivity index (χ0) is 14.9. The molecule has 0 bridgehead atoms. The number of fused-ring (bicyclic) bond motifs is 1. The Morgan fingerprint density at radius 3 is 2.86 bits per heavy atom. The highest BCUT2D eigenvalue weighted by Crippen LogP contribution is 2.44. The Morgan fingerprint density at radius 2 is 2.14 bits per heavy atom. The molecular weight excluding hydrogens is 260 g/mol. The average molecular weight is 284 g/mol. The fourth-order valence-corrected chi connectivity index (χ4v) is 3.46. The van der Waals surface area contributed by atoms with Crippen molar-refractivity contribution in [3.8, 4) is 12.3 Å². The van der Waals surface area contributed by atoms with Crippen LogP contribution in [0.5, 0.6) is 0 Å². The highest BCUT2D eigenvalue weighted by Gasteiger charge is 2.34. The molecule has 1 fully saturated rings. The maximum Gasteiger partial charge on any atom is 0.158 e. The van der Waals surface area contributed by atoms with Crippen LogP contribution in [0.25, 0.3) is 0 Å². The minimum Gasteiger partial charge on any atom is -0.353 e. The summed E-state index contributed by atoms with van der Waals surface area (Å²) >= 11 is 0. The number of terminal acetylenes is 1. The van der Waals surface area contributed by atoms with Gasteiger partial charge in [0.25, 0.3) is 0 Å². The molecule has 0 radical (unpaired) electrons. The van der Waals surface area contributed by atoms with Crippen molar-refractivity contribution in [2.75, 3.05) is 6.61 Å². The van der Waals surface area contributed by atoms with Crippen LogP contribution in [0.1, 0.15) is 68.7 Å². The van der Waals surface area contributed by atoms with Gasteiger partial charge in [-0.1, -0.05) is 25.8 Å². The molecule has 3 rings (SSSR count). The zero-order valence-corrected chi connectivity index (χ0v) is 13.0. The van der Waals surface area contributed by atoms with Crippen LogP contribution in [0, 0.1) is 12.3 Å². The summed E-state index contributed by atoms with van der Waals surface area (Å²) in [6.07, 6.45) is 11.1. The molecule has 2 heteroatoms. The van der Waals surface area contributed by atoms with Gasteiger partial charge in [-0.25, -0.2) is 0 Å². The molecule has 1 aliphatic heterocycles. The van der Waals surface area contributed by atoms with E-state index in [1.165, 1.54) is 17.5 Å². The Kier molecular flexibility index (Phi) is 4.06. The molecule has 1 aromatic rings. The maximum absolute atomic E-state index is 6.26. The Morgan fingerprint density at radius 1 is 1.29 bits per heavy atom. The topological polar surface area (TPSA) is 18.5 Å². The molecule has 21 heavy (non-hydrogen) atoms. The fourth-order valence-electron chi connectivity index (χ4n) is 3.46. The van der Waals surface area contributed by atoms with Crippen LogP contribution in [-0.2, 0) is 14.9 Å². The molecule has 2 unspecified atom stereocenters. The molecule has 2 nitrogen and oxygen atoms in total. The van der Waals surface area contributed by atoms with Gasteiger partial charge in [-0.05, 0) is 60.8 Å². The number of benzene rings is 1. The van der Waals surface area contributed by atoms with Gasteiger partial charge in [-0.3, -0.25) is 0 Å². The van der Waals surface area contributed by atoms with E-state index in [4.69, 9.17) is 15.9 Å². The normalized spacial score (nSPS) is 27.7. The molecule has 2 aliphatic rings. The molecule has 0 spiro atoms. The van der Waals surface area contributed by atoms with E-state index < -0.39 is 0 Å². The lowest BCUT2D eigenvalue weighted by Crippen LogP contribution is -2.31. The molecule has 1 heterocycles. The van der Waals surface area contributed by atoms with Crippen molar-refractivity contribution in [1.82, 2.24) is 0 Å². The van der Waals surface area contributed by atoms with Gasteiger partial charge in [0.1, 0.15) is 0 Å². The summed E-state index contributed by atoms with van der Waals surface area (Å²) in [5, 5.41) is 0. The van der Waals surface area contributed by atoms with E-state index in [-0.39, 0.29) is 17.8 Å². The van der Waals surface area contributed by atoms with Gasteiger partial charge in [0.15, 0.2) is 6.29 Å². The van der Waals surface area contributed by atoms with E-state index >= 15 is 0 Å². The Balaban J connectivity index is 1.88. The van der Waals surface area contributed by atoms with Crippen LogP contribution in [-0.4, -0.2) is 12.9 Å². The predicted molar refractivity (Wildman–Crippen MR) is 84.1 cm³/mol.